The first kappa shape index (κ1) is 12.9. The predicted molar refractivity (Wildman–Crippen MR) is 71.5 cm³/mol. The summed E-state index contributed by atoms with van der Waals surface area (Å²) in [5, 5.41) is 6.41. The van der Waals surface area contributed by atoms with Crippen LogP contribution in [-0.2, 0) is 9.59 Å². The molecule has 3 heterocycles. The molecule has 0 saturated carbocycles. The molecule has 0 bridgehead atoms. The van der Waals surface area contributed by atoms with Gasteiger partial charge in [-0.2, -0.15) is 0 Å². The van der Waals surface area contributed by atoms with Crippen LogP contribution in [-0.4, -0.2) is 47.9 Å². The van der Waals surface area contributed by atoms with E-state index < -0.39 is 0 Å². The van der Waals surface area contributed by atoms with Gasteiger partial charge in [0.05, 0.1) is 5.54 Å². The maximum Gasteiger partial charge on any atom is 0.242 e. The molecule has 19 heavy (non-hydrogen) atoms. The summed E-state index contributed by atoms with van der Waals surface area (Å²) in [6, 6.07) is 0.287. The second-order valence-corrected chi connectivity index (χ2v) is 6.38. The van der Waals surface area contributed by atoms with E-state index in [9.17, 15) is 9.59 Å². The number of hydrogen-bond acceptors (Lipinski definition) is 3. The van der Waals surface area contributed by atoms with Crippen LogP contribution in [0.4, 0.5) is 0 Å². The molecule has 0 aromatic carbocycles. The van der Waals surface area contributed by atoms with Crippen molar-refractivity contribution in [2.24, 2.45) is 5.92 Å². The van der Waals surface area contributed by atoms with Gasteiger partial charge in [0.1, 0.15) is 0 Å². The van der Waals surface area contributed by atoms with E-state index in [4.69, 9.17) is 0 Å². The number of piperidine rings is 2. The molecule has 5 nitrogen and oxygen atoms in total. The number of carbonyl (C=O) groups is 2. The molecular formula is C14H23N3O2. The van der Waals surface area contributed by atoms with Crippen LogP contribution < -0.4 is 10.6 Å². The Kier molecular flexibility index (Phi) is 3.25. The molecule has 5 heteroatoms. The molecule has 2 amide bonds. The first-order chi connectivity index (χ1) is 9.08. The van der Waals surface area contributed by atoms with Crippen molar-refractivity contribution < 1.29 is 9.59 Å². The lowest BCUT2D eigenvalue weighted by atomic mass is 9.84. The van der Waals surface area contributed by atoms with E-state index >= 15 is 0 Å². The summed E-state index contributed by atoms with van der Waals surface area (Å²) in [5.74, 6) is 0.867. The summed E-state index contributed by atoms with van der Waals surface area (Å²) in [7, 11) is 0. The average Bonchev–Trinajstić information content (AvgIpc) is 2.85. The fourth-order valence-electron chi connectivity index (χ4n) is 3.72. The number of nitrogens with one attached hydrogen (secondary N) is 2. The Bertz CT molecular complexity index is 390. The molecule has 3 unspecified atom stereocenters. The van der Waals surface area contributed by atoms with Crippen LogP contribution in [0.15, 0.2) is 0 Å². The van der Waals surface area contributed by atoms with Crippen molar-refractivity contribution in [3.05, 3.63) is 0 Å². The van der Waals surface area contributed by atoms with Crippen molar-refractivity contribution in [1.29, 1.82) is 0 Å². The monoisotopic (exact) mass is 265 g/mol. The van der Waals surface area contributed by atoms with Crippen molar-refractivity contribution in [2.75, 3.05) is 19.6 Å². The molecule has 0 aromatic rings. The van der Waals surface area contributed by atoms with Gasteiger partial charge in [-0.05, 0) is 45.1 Å². The minimum absolute atomic E-state index is 0.172. The first-order valence-corrected chi connectivity index (χ1v) is 7.42. The molecule has 0 spiro atoms. The zero-order chi connectivity index (χ0) is 13.5. The smallest absolute Gasteiger partial charge is 0.242 e. The van der Waals surface area contributed by atoms with Crippen LogP contribution in [0, 0.1) is 5.92 Å². The number of nitrogens with zero attached hydrogens (tertiary/aromatic N) is 1. The van der Waals surface area contributed by atoms with Crippen molar-refractivity contribution in [3.8, 4) is 0 Å². The van der Waals surface area contributed by atoms with Gasteiger partial charge in [-0.25, -0.2) is 0 Å². The standard InChI is InChI=1S/C14H23N3O2/c1-14(6-2-7-15-14)13(19)17-8-5-11-10(9-17)3-4-12(18)16-11/h10-11,15H,2-9H2,1H3,(H,16,18). The largest absolute Gasteiger partial charge is 0.353 e. The highest BCUT2D eigenvalue weighted by atomic mass is 16.2. The first-order valence-electron chi connectivity index (χ1n) is 7.42. The van der Waals surface area contributed by atoms with E-state index in [0.717, 1.165) is 45.3 Å². The average molecular weight is 265 g/mol. The van der Waals surface area contributed by atoms with Gasteiger partial charge >= 0.3 is 0 Å². The van der Waals surface area contributed by atoms with Crippen LogP contribution in [0.3, 0.4) is 0 Å². The Morgan fingerprint density at radius 1 is 1.42 bits per heavy atom. The normalized spacial score (nSPS) is 38.8. The van der Waals surface area contributed by atoms with Crippen molar-refractivity contribution in [3.63, 3.8) is 0 Å². The number of likely N-dealkylation sites (tertiary alicyclic amines) is 1. The van der Waals surface area contributed by atoms with Gasteiger partial charge < -0.3 is 15.5 Å². The third-order valence-electron chi connectivity index (χ3n) is 4.95. The summed E-state index contributed by atoms with van der Waals surface area (Å²) >= 11 is 0. The second-order valence-electron chi connectivity index (χ2n) is 6.38. The molecule has 3 rings (SSSR count). The molecule has 0 aliphatic carbocycles. The van der Waals surface area contributed by atoms with Gasteiger partial charge in [0, 0.05) is 25.6 Å². The molecule has 106 valence electrons. The Labute approximate surface area is 114 Å². The summed E-state index contributed by atoms with van der Waals surface area (Å²) in [6.45, 7) is 4.55. The summed E-state index contributed by atoms with van der Waals surface area (Å²) in [6.07, 6.45) is 4.45. The Balaban J connectivity index is 1.64. The number of amides is 2. The molecular weight excluding hydrogens is 242 g/mol. The molecule has 3 aliphatic heterocycles. The van der Waals surface area contributed by atoms with Gasteiger partial charge in [0.15, 0.2) is 0 Å². The lowest BCUT2D eigenvalue weighted by Crippen LogP contribution is -2.60. The topological polar surface area (TPSA) is 61.4 Å². The van der Waals surface area contributed by atoms with E-state index in [-0.39, 0.29) is 23.4 Å². The fourth-order valence-corrected chi connectivity index (χ4v) is 3.72. The van der Waals surface area contributed by atoms with Crippen LogP contribution in [0.5, 0.6) is 0 Å². The minimum Gasteiger partial charge on any atom is -0.353 e. The number of fused-ring (bicyclic) bond motifs is 1. The highest BCUT2D eigenvalue weighted by molar-refractivity contribution is 5.86. The third kappa shape index (κ3) is 2.36. The Morgan fingerprint density at radius 3 is 3.00 bits per heavy atom. The summed E-state index contributed by atoms with van der Waals surface area (Å²) < 4.78 is 0. The quantitative estimate of drug-likeness (QED) is 0.715. The Hall–Kier alpha value is -1.10. The van der Waals surface area contributed by atoms with Crippen molar-refractivity contribution >= 4 is 11.8 Å². The SMILES string of the molecule is CC1(C(=O)N2CCC3NC(=O)CCC3C2)CCCN1. The Morgan fingerprint density at radius 2 is 2.26 bits per heavy atom. The predicted octanol–water partition coefficient (Wildman–Crippen LogP) is 0.256. The summed E-state index contributed by atoms with van der Waals surface area (Å²) in [5.41, 5.74) is -0.356. The van der Waals surface area contributed by atoms with Crippen LogP contribution in [0.25, 0.3) is 0 Å². The zero-order valence-electron chi connectivity index (χ0n) is 11.6. The molecule has 3 fully saturated rings. The van der Waals surface area contributed by atoms with E-state index in [1.165, 1.54) is 0 Å². The van der Waals surface area contributed by atoms with Gasteiger partial charge in [-0.1, -0.05) is 0 Å². The highest BCUT2D eigenvalue weighted by Crippen LogP contribution is 2.28. The molecule has 0 aromatic heterocycles. The lowest BCUT2D eigenvalue weighted by Gasteiger charge is -2.43. The third-order valence-corrected chi connectivity index (χ3v) is 4.95. The molecule has 2 N–H and O–H groups in total. The van der Waals surface area contributed by atoms with E-state index in [0.29, 0.717) is 12.3 Å². The maximum absolute atomic E-state index is 12.6. The van der Waals surface area contributed by atoms with E-state index in [1.807, 2.05) is 11.8 Å². The second kappa shape index (κ2) is 4.78. The highest BCUT2D eigenvalue weighted by Gasteiger charge is 2.42. The van der Waals surface area contributed by atoms with Crippen LogP contribution >= 0.6 is 0 Å². The van der Waals surface area contributed by atoms with E-state index in [2.05, 4.69) is 10.6 Å². The molecule has 3 saturated heterocycles. The maximum atomic E-state index is 12.6. The van der Waals surface area contributed by atoms with Crippen molar-refractivity contribution in [1.82, 2.24) is 15.5 Å². The number of hydrogen-bond donors (Lipinski definition) is 2. The van der Waals surface area contributed by atoms with E-state index in [1.54, 1.807) is 0 Å². The lowest BCUT2D eigenvalue weighted by molar-refractivity contribution is -0.140. The minimum atomic E-state index is -0.356. The van der Waals surface area contributed by atoms with Gasteiger partial charge in [-0.3, -0.25) is 9.59 Å². The van der Waals surface area contributed by atoms with Gasteiger partial charge in [-0.15, -0.1) is 0 Å². The molecule has 3 aliphatic rings. The molecule has 0 radical (unpaired) electrons. The van der Waals surface area contributed by atoms with Crippen LogP contribution in [0.2, 0.25) is 0 Å². The molecule has 3 atom stereocenters. The van der Waals surface area contributed by atoms with Gasteiger partial charge in [0.2, 0.25) is 11.8 Å². The summed E-state index contributed by atoms with van der Waals surface area (Å²) in [4.78, 5) is 26.0. The number of carbonyl (C=O) groups excluding carboxylic acids is 2. The van der Waals surface area contributed by atoms with Crippen LogP contribution in [0.1, 0.15) is 39.0 Å². The zero-order valence-corrected chi connectivity index (χ0v) is 11.6. The number of rotatable bonds is 1. The van der Waals surface area contributed by atoms with Crippen molar-refractivity contribution in [2.45, 2.75) is 50.6 Å². The van der Waals surface area contributed by atoms with Gasteiger partial charge in [0.25, 0.3) is 0 Å². The fraction of sp³-hybridized carbons (Fsp3) is 0.857.